The molecule has 0 aliphatic carbocycles. The second-order valence-corrected chi connectivity index (χ2v) is 7.11. The van der Waals surface area contributed by atoms with Gasteiger partial charge >= 0.3 is 0 Å². The number of rotatable bonds is 3. The Morgan fingerprint density at radius 3 is 2.13 bits per heavy atom. The van der Waals surface area contributed by atoms with Gasteiger partial charge in [0.1, 0.15) is 0 Å². The highest BCUT2D eigenvalue weighted by Crippen LogP contribution is 2.43. The molecular formula is C26H18N2O2. The molecule has 0 spiro atoms. The Kier molecular flexibility index (Phi) is 4.37. The highest BCUT2D eigenvalue weighted by molar-refractivity contribution is 5.95. The zero-order valence-corrected chi connectivity index (χ0v) is 16.1. The van der Waals surface area contributed by atoms with E-state index in [0.29, 0.717) is 5.56 Å². The minimum Gasteiger partial charge on any atom is -0.309 e. The van der Waals surface area contributed by atoms with Gasteiger partial charge in [-0.2, -0.15) is 0 Å². The normalized spacial score (nSPS) is 12.1. The van der Waals surface area contributed by atoms with Gasteiger partial charge in [0.25, 0.3) is 5.69 Å². The van der Waals surface area contributed by atoms with Gasteiger partial charge in [0.2, 0.25) is 0 Å². The van der Waals surface area contributed by atoms with Crippen molar-refractivity contribution in [3.8, 4) is 11.1 Å². The Labute approximate surface area is 174 Å². The summed E-state index contributed by atoms with van der Waals surface area (Å²) in [4.78, 5) is 13.5. The third kappa shape index (κ3) is 3.05. The van der Waals surface area contributed by atoms with Crippen molar-refractivity contribution in [1.82, 2.24) is 0 Å². The van der Waals surface area contributed by atoms with Crippen molar-refractivity contribution in [3.05, 3.63) is 118 Å². The maximum absolute atomic E-state index is 11.6. The molecule has 0 saturated carbocycles. The molecule has 0 N–H and O–H groups in total. The van der Waals surface area contributed by atoms with E-state index in [9.17, 15) is 10.1 Å². The van der Waals surface area contributed by atoms with E-state index in [-0.39, 0.29) is 10.6 Å². The summed E-state index contributed by atoms with van der Waals surface area (Å²) in [5, 5.41) is 11.6. The van der Waals surface area contributed by atoms with Gasteiger partial charge in [-0.25, -0.2) is 0 Å². The van der Waals surface area contributed by atoms with Gasteiger partial charge < -0.3 is 4.90 Å². The van der Waals surface area contributed by atoms with Crippen molar-refractivity contribution in [2.24, 2.45) is 0 Å². The number of benzene rings is 4. The lowest BCUT2D eigenvalue weighted by Crippen LogP contribution is -2.11. The molecule has 1 heterocycles. The van der Waals surface area contributed by atoms with Gasteiger partial charge in [0.05, 0.1) is 21.9 Å². The zero-order valence-electron chi connectivity index (χ0n) is 16.1. The summed E-state index contributed by atoms with van der Waals surface area (Å²) in [6.07, 6.45) is 4.21. The van der Waals surface area contributed by atoms with Crippen LogP contribution in [0.5, 0.6) is 0 Å². The Balaban J connectivity index is 1.76. The van der Waals surface area contributed by atoms with Gasteiger partial charge in [-0.15, -0.1) is 0 Å². The third-order valence-corrected chi connectivity index (χ3v) is 5.32. The molecule has 0 fully saturated rings. The van der Waals surface area contributed by atoms with Gasteiger partial charge in [-0.3, -0.25) is 10.1 Å². The summed E-state index contributed by atoms with van der Waals surface area (Å²) < 4.78 is 0. The van der Waals surface area contributed by atoms with E-state index in [1.54, 1.807) is 18.2 Å². The number of hydrogen-bond acceptors (Lipinski definition) is 3. The van der Waals surface area contributed by atoms with E-state index < -0.39 is 0 Å². The molecule has 30 heavy (non-hydrogen) atoms. The first-order valence-electron chi connectivity index (χ1n) is 9.72. The van der Waals surface area contributed by atoms with Crippen LogP contribution in [0.25, 0.3) is 23.3 Å². The fourth-order valence-corrected chi connectivity index (χ4v) is 3.92. The van der Waals surface area contributed by atoms with E-state index >= 15 is 0 Å². The highest BCUT2D eigenvalue weighted by atomic mass is 16.6. The summed E-state index contributed by atoms with van der Waals surface area (Å²) in [5.41, 5.74) is 6.79. The number of nitro benzene ring substituents is 1. The average Bonchev–Trinajstić information content (AvgIpc) is 2.96. The molecule has 4 nitrogen and oxygen atoms in total. The number of hydrogen-bond donors (Lipinski definition) is 0. The fraction of sp³-hybridized carbons (Fsp3) is 0. The van der Waals surface area contributed by atoms with Crippen LogP contribution in [0.4, 0.5) is 22.7 Å². The van der Waals surface area contributed by atoms with Crippen LogP contribution in [0.2, 0.25) is 0 Å². The van der Waals surface area contributed by atoms with Crippen LogP contribution < -0.4 is 4.90 Å². The first kappa shape index (κ1) is 17.9. The van der Waals surface area contributed by atoms with Gasteiger partial charge in [-0.1, -0.05) is 72.8 Å². The lowest BCUT2D eigenvalue weighted by Gasteiger charge is -2.27. The molecular weight excluding hydrogens is 372 g/mol. The number of nitro groups is 1. The molecule has 0 saturated heterocycles. The molecule has 1 aliphatic heterocycles. The molecule has 0 unspecified atom stereocenters. The summed E-state index contributed by atoms with van der Waals surface area (Å²) >= 11 is 0. The second-order valence-electron chi connectivity index (χ2n) is 7.11. The van der Waals surface area contributed by atoms with Crippen LogP contribution in [0.3, 0.4) is 0 Å². The smallest absolute Gasteiger partial charge is 0.277 e. The third-order valence-electron chi connectivity index (χ3n) is 5.32. The van der Waals surface area contributed by atoms with Crippen LogP contribution in [-0.2, 0) is 0 Å². The first-order chi connectivity index (χ1) is 14.7. The highest BCUT2D eigenvalue weighted by Gasteiger charge is 2.22. The fourth-order valence-electron chi connectivity index (χ4n) is 3.92. The lowest BCUT2D eigenvalue weighted by molar-refractivity contribution is -0.384. The van der Waals surface area contributed by atoms with Crippen molar-refractivity contribution in [1.29, 1.82) is 0 Å². The maximum atomic E-state index is 11.6. The number of para-hydroxylation sites is 3. The molecule has 144 valence electrons. The van der Waals surface area contributed by atoms with Crippen LogP contribution in [0, 0.1) is 10.1 Å². The molecule has 4 aromatic rings. The van der Waals surface area contributed by atoms with Crippen molar-refractivity contribution >= 4 is 34.9 Å². The van der Waals surface area contributed by atoms with Crippen LogP contribution in [-0.4, -0.2) is 4.92 Å². The standard InChI is InChI=1S/C26H18N2O2/c29-28(30)25-13-7-5-11-23(25)21-17-16-20-15-14-19-8-4-6-12-24(19)27(26(20)18-21)22-9-2-1-3-10-22/h1-18H. The Hall–Kier alpha value is -4.18. The minimum absolute atomic E-state index is 0.105. The summed E-state index contributed by atoms with van der Waals surface area (Å²) in [6, 6.07) is 31.3. The molecule has 0 radical (unpaired) electrons. The predicted molar refractivity (Wildman–Crippen MR) is 122 cm³/mol. The lowest BCUT2D eigenvalue weighted by atomic mass is 10.00. The monoisotopic (exact) mass is 390 g/mol. The minimum atomic E-state index is -0.328. The molecule has 0 atom stereocenters. The number of nitrogens with zero attached hydrogens (tertiary/aromatic N) is 2. The van der Waals surface area contributed by atoms with E-state index in [2.05, 4.69) is 41.3 Å². The van der Waals surface area contributed by atoms with Crippen molar-refractivity contribution in [3.63, 3.8) is 0 Å². The molecule has 0 bridgehead atoms. The Morgan fingerprint density at radius 2 is 1.33 bits per heavy atom. The van der Waals surface area contributed by atoms with Crippen molar-refractivity contribution in [2.45, 2.75) is 0 Å². The van der Waals surface area contributed by atoms with E-state index in [0.717, 1.165) is 33.8 Å². The molecule has 0 aromatic heterocycles. The van der Waals surface area contributed by atoms with Crippen molar-refractivity contribution in [2.75, 3.05) is 4.90 Å². The van der Waals surface area contributed by atoms with Crippen molar-refractivity contribution < 1.29 is 4.92 Å². The van der Waals surface area contributed by atoms with Crippen LogP contribution >= 0.6 is 0 Å². The molecule has 4 aromatic carbocycles. The maximum Gasteiger partial charge on any atom is 0.277 e. The quantitative estimate of drug-likeness (QED) is 0.241. The topological polar surface area (TPSA) is 46.4 Å². The van der Waals surface area contributed by atoms with E-state index in [1.165, 1.54) is 0 Å². The Morgan fingerprint density at radius 1 is 0.667 bits per heavy atom. The average molecular weight is 390 g/mol. The molecule has 4 heteroatoms. The van der Waals surface area contributed by atoms with Crippen LogP contribution in [0.15, 0.2) is 97.1 Å². The summed E-state index contributed by atoms with van der Waals surface area (Å²) in [7, 11) is 0. The predicted octanol–water partition coefficient (Wildman–Crippen LogP) is 7.22. The SMILES string of the molecule is O=[N+]([O-])c1ccccc1-c1ccc2c(c1)N(c1ccccc1)c1ccccc1C=C2. The largest absolute Gasteiger partial charge is 0.309 e. The first-order valence-corrected chi connectivity index (χ1v) is 9.72. The van der Waals surface area contributed by atoms with E-state index in [4.69, 9.17) is 0 Å². The van der Waals surface area contributed by atoms with Gasteiger partial charge in [0.15, 0.2) is 0 Å². The van der Waals surface area contributed by atoms with Gasteiger partial charge in [-0.05, 0) is 47.0 Å². The van der Waals surface area contributed by atoms with Crippen LogP contribution in [0.1, 0.15) is 11.1 Å². The number of anilines is 3. The Bertz CT molecular complexity index is 1280. The number of fused-ring (bicyclic) bond motifs is 2. The molecule has 0 amide bonds. The summed E-state index contributed by atoms with van der Waals surface area (Å²) in [5.74, 6) is 0. The summed E-state index contributed by atoms with van der Waals surface area (Å²) in [6.45, 7) is 0. The zero-order chi connectivity index (χ0) is 20.5. The van der Waals surface area contributed by atoms with Gasteiger partial charge in [0, 0.05) is 11.8 Å². The molecule has 1 aliphatic rings. The second kappa shape index (κ2) is 7.33. The van der Waals surface area contributed by atoms with E-state index in [1.807, 2.05) is 54.6 Å². The molecule has 5 rings (SSSR count).